The van der Waals surface area contributed by atoms with E-state index < -0.39 is 10.0 Å². The number of pyridine rings is 1. The topological polar surface area (TPSA) is 98.0 Å². The van der Waals surface area contributed by atoms with E-state index in [1.54, 1.807) is 66.9 Å². The highest BCUT2D eigenvalue weighted by Crippen LogP contribution is 2.23. The van der Waals surface area contributed by atoms with Gasteiger partial charge in [0, 0.05) is 17.4 Å². The smallest absolute Gasteiger partial charge is 0.276 e. The zero-order chi connectivity index (χ0) is 19.6. The second kappa shape index (κ2) is 7.24. The van der Waals surface area contributed by atoms with Crippen molar-refractivity contribution in [3.63, 3.8) is 0 Å². The number of benzene rings is 2. The molecule has 0 saturated carbocycles. The van der Waals surface area contributed by atoms with E-state index in [2.05, 4.69) is 19.8 Å². The number of anilines is 1. The second-order valence-electron chi connectivity index (χ2n) is 6.13. The second-order valence-corrected chi connectivity index (χ2v) is 7.82. The molecule has 0 bridgehead atoms. The molecule has 0 saturated heterocycles. The van der Waals surface area contributed by atoms with Crippen LogP contribution in [-0.4, -0.2) is 23.5 Å². The van der Waals surface area contributed by atoms with E-state index in [1.165, 1.54) is 0 Å². The van der Waals surface area contributed by atoms with Crippen molar-refractivity contribution >= 4 is 15.7 Å². The van der Waals surface area contributed by atoms with Gasteiger partial charge in [-0.15, -0.1) is 0 Å². The van der Waals surface area contributed by atoms with Crippen molar-refractivity contribution in [1.82, 2.24) is 15.1 Å². The van der Waals surface area contributed by atoms with Crippen LogP contribution in [0.25, 0.3) is 23.0 Å². The van der Waals surface area contributed by atoms with Gasteiger partial charge in [-0.05, 0) is 55.5 Å². The molecule has 0 aliphatic carbocycles. The number of hydrogen-bond acceptors (Lipinski definition) is 6. The summed E-state index contributed by atoms with van der Waals surface area (Å²) in [5.74, 6) is 0.716. The molecule has 0 radical (unpaired) electrons. The maximum atomic E-state index is 12.5. The van der Waals surface area contributed by atoms with Gasteiger partial charge in [-0.3, -0.25) is 9.71 Å². The third kappa shape index (κ3) is 3.77. The van der Waals surface area contributed by atoms with E-state index in [0.717, 1.165) is 5.56 Å². The molecule has 2 aromatic heterocycles. The van der Waals surface area contributed by atoms with Crippen molar-refractivity contribution in [3.05, 3.63) is 78.5 Å². The summed E-state index contributed by atoms with van der Waals surface area (Å²) in [6.45, 7) is 1.90. The summed E-state index contributed by atoms with van der Waals surface area (Å²) in [6, 6.07) is 18.8. The van der Waals surface area contributed by atoms with Crippen LogP contribution in [0, 0.1) is 6.92 Å². The van der Waals surface area contributed by atoms with Gasteiger partial charge in [-0.25, -0.2) is 8.42 Å². The number of aromatic nitrogens is 3. The van der Waals surface area contributed by atoms with E-state index in [9.17, 15) is 8.42 Å². The first-order valence-corrected chi connectivity index (χ1v) is 9.95. The lowest BCUT2D eigenvalue weighted by Gasteiger charge is -2.08. The highest BCUT2D eigenvalue weighted by atomic mass is 32.2. The van der Waals surface area contributed by atoms with Gasteiger partial charge in [0.25, 0.3) is 15.9 Å². The van der Waals surface area contributed by atoms with E-state index in [4.69, 9.17) is 4.52 Å². The Bertz CT molecular complexity index is 1190. The van der Waals surface area contributed by atoms with Gasteiger partial charge in [0.05, 0.1) is 4.90 Å². The lowest BCUT2D eigenvalue weighted by Crippen LogP contribution is -2.12. The molecule has 0 aliphatic heterocycles. The number of nitrogens with one attached hydrogen (secondary N) is 1. The highest BCUT2D eigenvalue weighted by Gasteiger charge is 2.15. The van der Waals surface area contributed by atoms with Gasteiger partial charge in [-0.2, -0.15) is 4.98 Å². The fraction of sp³-hybridized carbons (Fsp3) is 0.0500. The Labute approximate surface area is 162 Å². The van der Waals surface area contributed by atoms with Crippen LogP contribution in [0.4, 0.5) is 5.69 Å². The lowest BCUT2D eigenvalue weighted by atomic mass is 10.2. The zero-order valence-electron chi connectivity index (χ0n) is 14.9. The molecular formula is C20H16N4O3S. The average molecular weight is 392 g/mol. The lowest BCUT2D eigenvalue weighted by molar-refractivity contribution is 0.431. The Morgan fingerprint density at radius 2 is 1.68 bits per heavy atom. The van der Waals surface area contributed by atoms with E-state index in [-0.39, 0.29) is 4.90 Å². The number of hydrogen-bond donors (Lipinski definition) is 1. The van der Waals surface area contributed by atoms with Crippen LogP contribution in [0.2, 0.25) is 0 Å². The molecule has 140 valence electrons. The fourth-order valence-electron chi connectivity index (χ4n) is 2.55. The first kappa shape index (κ1) is 17.9. The molecule has 0 aliphatic rings. The molecule has 4 rings (SSSR count). The summed E-state index contributed by atoms with van der Waals surface area (Å²) in [6.07, 6.45) is 1.65. The molecule has 28 heavy (non-hydrogen) atoms. The van der Waals surface area contributed by atoms with Crippen LogP contribution in [0.5, 0.6) is 0 Å². The molecule has 4 aromatic rings. The van der Waals surface area contributed by atoms with Crippen molar-refractivity contribution in [3.8, 4) is 23.0 Å². The van der Waals surface area contributed by atoms with Gasteiger partial charge in [0.1, 0.15) is 5.69 Å². The summed E-state index contributed by atoms with van der Waals surface area (Å²) in [5.41, 5.74) is 2.72. The van der Waals surface area contributed by atoms with Crippen molar-refractivity contribution < 1.29 is 12.9 Å². The Balaban J connectivity index is 1.53. The van der Waals surface area contributed by atoms with Crippen LogP contribution in [0.1, 0.15) is 5.56 Å². The monoisotopic (exact) mass is 392 g/mol. The van der Waals surface area contributed by atoms with Gasteiger partial charge in [-0.1, -0.05) is 28.9 Å². The van der Waals surface area contributed by atoms with E-state index in [0.29, 0.717) is 28.7 Å². The Morgan fingerprint density at radius 1 is 0.929 bits per heavy atom. The summed E-state index contributed by atoms with van der Waals surface area (Å²) < 4.78 is 32.8. The van der Waals surface area contributed by atoms with Crippen molar-refractivity contribution in [2.75, 3.05) is 4.72 Å². The van der Waals surface area contributed by atoms with E-state index in [1.807, 2.05) is 13.0 Å². The van der Waals surface area contributed by atoms with Gasteiger partial charge in [0.15, 0.2) is 0 Å². The molecule has 0 atom stereocenters. The Hall–Kier alpha value is -3.52. The first-order valence-electron chi connectivity index (χ1n) is 8.46. The van der Waals surface area contributed by atoms with Crippen LogP contribution < -0.4 is 4.72 Å². The standard InChI is InChI=1S/C20H16N4O3S/c1-14-5-11-17(12-6-14)28(25,26)24-16-9-7-15(8-10-16)19-22-20(27-23-19)18-4-2-3-13-21-18/h2-13,24H,1H3. The van der Waals surface area contributed by atoms with Crippen molar-refractivity contribution in [2.24, 2.45) is 0 Å². The van der Waals surface area contributed by atoms with Crippen LogP contribution >= 0.6 is 0 Å². The largest absolute Gasteiger partial charge is 0.332 e. The summed E-state index contributed by atoms with van der Waals surface area (Å²) in [4.78, 5) is 8.71. The Morgan fingerprint density at radius 3 is 2.36 bits per heavy atom. The maximum absolute atomic E-state index is 12.5. The molecule has 7 nitrogen and oxygen atoms in total. The quantitative estimate of drug-likeness (QED) is 0.553. The molecular weight excluding hydrogens is 376 g/mol. The fourth-order valence-corrected chi connectivity index (χ4v) is 3.61. The average Bonchev–Trinajstić information content (AvgIpc) is 3.19. The molecule has 0 unspecified atom stereocenters. The molecule has 8 heteroatoms. The third-order valence-electron chi connectivity index (χ3n) is 4.04. The SMILES string of the molecule is Cc1ccc(S(=O)(=O)Nc2ccc(-c3noc(-c4ccccn4)n3)cc2)cc1. The molecule has 2 heterocycles. The maximum Gasteiger partial charge on any atom is 0.276 e. The summed E-state index contributed by atoms with van der Waals surface area (Å²) in [7, 11) is -3.65. The summed E-state index contributed by atoms with van der Waals surface area (Å²) in [5, 5.41) is 3.96. The van der Waals surface area contributed by atoms with Crippen LogP contribution in [-0.2, 0) is 10.0 Å². The Kier molecular flexibility index (Phi) is 4.62. The predicted octanol–water partition coefficient (Wildman–Crippen LogP) is 3.91. The zero-order valence-corrected chi connectivity index (χ0v) is 15.7. The minimum atomic E-state index is -3.65. The van der Waals surface area contributed by atoms with Gasteiger partial charge in [0.2, 0.25) is 5.82 Å². The third-order valence-corrected chi connectivity index (χ3v) is 5.43. The minimum absolute atomic E-state index is 0.209. The number of rotatable bonds is 5. The highest BCUT2D eigenvalue weighted by molar-refractivity contribution is 7.92. The molecule has 0 amide bonds. The normalized spacial score (nSPS) is 11.3. The number of aryl methyl sites for hydroxylation is 1. The van der Waals surface area contributed by atoms with Gasteiger partial charge >= 0.3 is 0 Å². The number of nitrogens with zero attached hydrogens (tertiary/aromatic N) is 3. The van der Waals surface area contributed by atoms with Crippen molar-refractivity contribution in [1.29, 1.82) is 0 Å². The minimum Gasteiger partial charge on any atom is -0.332 e. The molecule has 2 aromatic carbocycles. The van der Waals surface area contributed by atoms with Crippen LogP contribution in [0.3, 0.4) is 0 Å². The predicted molar refractivity (Wildman–Crippen MR) is 105 cm³/mol. The van der Waals surface area contributed by atoms with Gasteiger partial charge < -0.3 is 4.52 Å². The van der Waals surface area contributed by atoms with Crippen LogP contribution in [0.15, 0.2) is 82.3 Å². The molecule has 0 fully saturated rings. The summed E-state index contributed by atoms with van der Waals surface area (Å²) >= 11 is 0. The molecule has 1 N–H and O–H groups in total. The van der Waals surface area contributed by atoms with E-state index >= 15 is 0 Å². The van der Waals surface area contributed by atoms with Crippen molar-refractivity contribution in [2.45, 2.75) is 11.8 Å². The molecule has 0 spiro atoms. The first-order chi connectivity index (χ1) is 13.5. The number of sulfonamides is 1.